The molecule has 23 heavy (non-hydrogen) atoms. The Morgan fingerprint density at radius 1 is 1.39 bits per heavy atom. The number of likely N-dealkylation sites (tertiary alicyclic amines) is 1. The summed E-state index contributed by atoms with van der Waals surface area (Å²) in [6.45, 7) is 3.10. The number of hydrogen-bond acceptors (Lipinski definition) is 3. The first-order valence-corrected chi connectivity index (χ1v) is 7.71. The molecule has 0 bridgehead atoms. The van der Waals surface area contributed by atoms with Gasteiger partial charge < -0.3 is 10.2 Å². The molecule has 1 N–H and O–H groups in total. The lowest BCUT2D eigenvalue weighted by molar-refractivity contribution is 0.192. The number of anilines is 1. The third kappa shape index (κ3) is 3.83. The summed E-state index contributed by atoms with van der Waals surface area (Å²) in [7, 11) is 0. The van der Waals surface area contributed by atoms with Crippen LogP contribution in [0.5, 0.6) is 0 Å². The Morgan fingerprint density at radius 3 is 3.00 bits per heavy atom. The van der Waals surface area contributed by atoms with E-state index in [9.17, 15) is 9.18 Å². The first-order valence-electron chi connectivity index (χ1n) is 7.71. The summed E-state index contributed by atoms with van der Waals surface area (Å²) < 4.78 is 13.4. The van der Waals surface area contributed by atoms with Gasteiger partial charge in [0, 0.05) is 36.6 Å². The van der Waals surface area contributed by atoms with E-state index in [2.05, 4.69) is 15.3 Å². The van der Waals surface area contributed by atoms with Gasteiger partial charge in [-0.25, -0.2) is 19.2 Å². The Bertz CT molecular complexity index is 672. The summed E-state index contributed by atoms with van der Waals surface area (Å²) in [6.07, 6.45) is 5.17. The van der Waals surface area contributed by atoms with Crippen molar-refractivity contribution < 1.29 is 9.18 Å². The van der Waals surface area contributed by atoms with Crippen LogP contribution in [0.2, 0.25) is 0 Å². The van der Waals surface area contributed by atoms with E-state index in [4.69, 9.17) is 0 Å². The quantitative estimate of drug-likeness (QED) is 0.925. The maximum atomic E-state index is 13.4. The molecule has 3 rings (SSSR count). The van der Waals surface area contributed by atoms with Crippen molar-refractivity contribution in [1.29, 1.82) is 0 Å². The molecule has 1 aromatic heterocycles. The van der Waals surface area contributed by atoms with Crippen LogP contribution in [0, 0.1) is 12.7 Å². The SMILES string of the molecule is Cc1cc(F)cc(NC(=O)N2CCCC(c3ccncn3)C2)c1. The van der Waals surface area contributed by atoms with E-state index >= 15 is 0 Å². The van der Waals surface area contributed by atoms with Crippen molar-refractivity contribution in [1.82, 2.24) is 14.9 Å². The Labute approximate surface area is 134 Å². The topological polar surface area (TPSA) is 58.1 Å². The number of hydrogen-bond donors (Lipinski definition) is 1. The Kier molecular flexibility index (Phi) is 4.50. The second-order valence-corrected chi connectivity index (χ2v) is 5.87. The first kappa shape index (κ1) is 15.4. The lowest BCUT2D eigenvalue weighted by Crippen LogP contribution is -2.41. The van der Waals surface area contributed by atoms with E-state index in [0.29, 0.717) is 18.8 Å². The highest BCUT2D eigenvalue weighted by atomic mass is 19.1. The second-order valence-electron chi connectivity index (χ2n) is 5.87. The van der Waals surface area contributed by atoms with Gasteiger partial charge in [-0.15, -0.1) is 0 Å². The second kappa shape index (κ2) is 6.73. The summed E-state index contributed by atoms with van der Waals surface area (Å²) in [4.78, 5) is 22.4. The first-order chi connectivity index (χ1) is 11.1. The number of carbonyl (C=O) groups is 1. The molecule has 0 saturated carbocycles. The highest BCUT2D eigenvalue weighted by molar-refractivity contribution is 5.89. The van der Waals surface area contributed by atoms with Crippen LogP contribution in [-0.2, 0) is 0 Å². The number of amides is 2. The summed E-state index contributed by atoms with van der Waals surface area (Å²) in [5, 5.41) is 2.78. The van der Waals surface area contributed by atoms with Gasteiger partial charge in [-0.2, -0.15) is 0 Å². The van der Waals surface area contributed by atoms with Gasteiger partial charge in [0.05, 0.1) is 0 Å². The number of aromatic nitrogens is 2. The summed E-state index contributed by atoms with van der Waals surface area (Å²) in [5.74, 6) is -0.135. The molecule has 2 amide bonds. The summed E-state index contributed by atoms with van der Waals surface area (Å²) >= 11 is 0. The van der Waals surface area contributed by atoms with Gasteiger partial charge in [0.15, 0.2) is 0 Å². The minimum Gasteiger partial charge on any atom is -0.324 e. The molecule has 1 atom stereocenters. The van der Waals surface area contributed by atoms with Gasteiger partial charge in [-0.3, -0.25) is 0 Å². The highest BCUT2D eigenvalue weighted by Gasteiger charge is 2.25. The average Bonchev–Trinajstić information content (AvgIpc) is 2.55. The van der Waals surface area contributed by atoms with E-state index in [-0.39, 0.29) is 17.8 Å². The standard InChI is InChI=1S/C17H19FN4O/c1-12-7-14(18)9-15(8-12)21-17(23)22-6-2-3-13(10-22)16-4-5-19-11-20-16/h4-5,7-9,11,13H,2-3,6,10H2,1H3,(H,21,23). The molecule has 1 fully saturated rings. The van der Waals surface area contributed by atoms with Crippen molar-refractivity contribution in [2.24, 2.45) is 0 Å². The number of rotatable bonds is 2. The van der Waals surface area contributed by atoms with Crippen molar-refractivity contribution in [2.45, 2.75) is 25.7 Å². The lowest BCUT2D eigenvalue weighted by atomic mass is 9.95. The maximum absolute atomic E-state index is 13.4. The van der Waals surface area contributed by atoms with Crippen LogP contribution in [0.4, 0.5) is 14.9 Å². The molecule has 1 aromatic carbocycles. The molecule has 0 radical (unpaired) electrons. The Morgan fingerprint density at radius 2 is 2.26 bits per heavy atom. The molecule has 2 heterocycles. The number of benzene rings is 1. The Hall–Kier alpha value is -2.50. The van der Waals surface area contributed by atoms with Crippen LogP contribution < -0.4 is 5.32 Å². The molecule has 0 aliphatic carbocycles. The van der Waals surface area contributed by atoms with Crippen molar-refractivity contribution in [3.8, 4) is 0 Å². The minimum atomic E-state index is -0.349. The van der Waals surface area contributed by atoms with Crippen LogP contribution in [-0.4, -0.2) is 34.0 Å². The van der Waals surface area contributed by atoms with Gasteiger partial charge in [-0.05, 0) is 49.6 Å². The molecule has 2 aromatic rings. The average molecular weight is 314 g/mol. The summed E-state index contributed by atoms with van der Waals surface area (Å²) in [6, 6.07) is 6.21. The predicted octanol–water partition coefficient (Wildman–Crippen LogP) is 3.34. The van der Waals surface area contributed by atoms with Crippen LogP contribution in [0.1, 0.15) is 30.0 Å². The highest BCUT2D eigenvalue weighted by Crippen LogP contribution is 2.25. The van der Waals surface area contributed by atoms with Crippen LogP contribution in [0.15, 0.2) is 36.8 Å². The molecule has 0 spiro atoms. The van der Waals surface area contributed by atoms with Crippen LogP contribution >= 0.6 is 0 Å². The number of piperidine rings is 1. The van der Waals surface area contributed by atoms with E-state index < -0.39 is 0 Å². The molecule has 6 heteroatoms. The maximum Gasteiger partial charge on any atom is 0.321 e. The molecule has 120 valence electrons. The van der Waals surface area contributed by atoms with Gasteiger partial charge in [-0.1, -0.05) is 0 Å². The van der Waals surface area contributed by atoms with E-state index in [0.717, 1.165) is 24.1 Å². The zero-order valence-corrected chi connectivity index (χ0v) is 13.0. The van der Waals surface area contributed by atoms with Gasteiger partial charge >= 0.3 is 6.03 Å². The fourth-order valence-electron chi connectivity index (χ4n) is 2.96. The third-order valence-corrected chi connectivity index (χ3v) is 4.03. The van der Waals surface area contributed by atoms with Crippen molar-refractivity contribution >= 4 is 11.7 Å². The number of carbonyl (C=O) groups excluding carboxylic acids is 1. The number of halogens is 1. The normalized spacial score (nSPS) is 17.8. The monoisotopic (exact) mass is 314 g/mol. The molecular formula is C17H19FN4O. The van der Waals surface area contributed by atoms with Crippen LogP contribution in [0.3, 0.4) is 0 Å². The zero-order valence-electron chi connectivity index (χ0n) is 13.0. The van der Waals surface area contributed by atoms with Crippen molar-refractivity contribution in [3.63, 3.8) is 0 Å². The number of urea groups is 1. The largest absolute Gasteiger partial charge is 0.324 e. The fraction of sp³-hybridized carbons (Fsp3) is 0.353. The molecule has 1 unspecified atom stereocenters. The van der Waals surface area contributed by atoms with Crippen molar-refractivity contribution in [2.75, 3.05) is 18.4 Å². The van der Waals surface area contributed by atoms with E-state index in [1.807, 2.05) is 6.07 Å². The molecule has 1 aliphatic heterocycles. The fourth-order valence-corrected chi connectivity index (χ4v) is 2.96. The molecule has 1 aliphatic rings. The predicted molar refractivity (Wildman–Crippen MR) is 85.7 cm³/mol. The van der Waals surface area contributed by atoms with E-state index in [1.54, 1.807) is 24.1 Å². The summed E-state index contributed by atoms with van der Waals surface area (Å²) in [5.41, 5.74) is 2.22. The number of nitrogens with zero attached hydrogens (tertiary/aromatic N) is 3. The van der Waals surface area contributed by atoms with Gasteiger partial charge in [0.1, 0.15) is 12.1 Å². The van der Waals surface area contributed by atoms with Crippen LogP contribution in [0.25, 0.3) is 0 Å². The van der Waals surface area contributed by atoms with E-state index in [1.165, 1.54) is 18.5 Å². The molecule has 5 nitrogen and oxygen atoms in total. The third-order valence-electron chi connectivity index (χ3n) is 4.03. The number of nitrogens with one attached hydrogen (secondary N) is 1. The van der Waals surface area contributed by atoms with Gasteiger partial charge in [0.2, 0.25) is 0 Å². The number of aryl methyl sites for hydroxylation is 1. The zero-order chi connectivity index (χ0) is 16.2. The molecule has 1 saturated heterocycles. The molecular weight excluding hydrogens is 295 g/mol. The van der Waals surface area contributed by atoms with Gasteiger partial charge in [0.25, 0.3) is 0 Å². The van der Waals surface area contributed by atoms with Crippen molar-refractivity contribution in [3.05, 3.63) is 53.9 Å². The Balaban J connectivity index is 1.67. The minimum absolute atomic E-state index is 0.200. The lowest BCUT2D eigenvalue weighted by Gasteiger charge is -2.32. The smallest absolute Gasteiger partial charge is 0.321 e.